The Bertz CT molecular complexity index is 1460. The van der Waals surface area contributed by atoms with Crippen molar-refractivity contribution in [3.8, 4) is 11.6 Å². The third kappa shape index (κ3) is 8.56. The Morgan fingerprint density at radius 3 is 2.34 bits per heavy atom. The van der Waals surface area contributed by atoms with Crippen molar-refractivity contribution in [2.45, 2.75) is 45.7 Å². The van der Waals surface area contributed by atoms with E-state index in [1.807, 2.05) is 0 Å². The van der Waals surface area contributed by atoms with Crippen LogP contribution in [0.2, 0.25) is 0 Å². The molecule has 0 radical (unpaired) electrons. The first-order valence-corrected chi connectivity index (χ1v) is 12.8. The van der Waals surface area contributed by atoms with Crippen LogP contribution in [0.1, 0.15) is 43.1 Å². The molecule has 0 aliphatic heterocycles. The second-order valence-corrected chi connectivity index (χ2v) is 9.66. The molecule has 12 nitrogen and oxygen atoms in total. The minimum absolute atomic E-state index is 0.0639. The van der Waals surface area contributed by atoms with Crippen LogP contribution in [-0.4, -0.2) is 70.2 Å². The number of carboxylic acids is 1. The Morgan fingerprint density at radius 1 is 1.00 bits per heavy atom. The molecule has 2 atom stereocenters. The number of nitrogens with zero attached hydrogens (tertiary/aromatic N) is 2. The molecule has 3 N–H and O–H groups in total. The van der Waals surface area contributed by atoms with Crippen molar-refractivity contribution < 1.29 is 38.6 Å². The highest BCUT2D eigenvalue weighted by molar-refractivity contribution is 5.96. The van der Waals surface area contributed by atoms with Gasteiger partial charge in [-0.1, -0.05) is 26.0 Å². The molecule has 0 fully saturated rings. The van der Waals surface area contributed by atoms with Crippen molar-refractivity contribution >= 4 is 40.4 Å². The number of carbonyl (C=O) groups excluding carboxylic acids is 4. The van der Waals surface area contributed by atoms with E-state index in [2.05, 4.69) is 20.6 Å². The Kier molecular flexibility index (Phi) is 10.4. The number of aliphatic carboxylic acids is 1. The van der Waals surface area contributed by atoms with Gasteiger partial charge in [-0.3, -0.25) is 24.0 Å². The molecule has 0 spiro atoms. The average Bonchev–Trinajstić information content (AvgIpc) is 2.93. The van der Waals surface area contributed by atoms with Crippen molar-refractivity contribution in [2.75, 3.05) is 13.7 Å². The van der Waals surface area contributed by atoms with Gasteiger partial charge in [0, 0.05) is 11.1 Å². The van der Waals surface area contributed by atoms with Crippen LogP contribution in [-0.2, 0) is 25.6 Å². The lowest BCUT2D eigenvalue weighted by Gasteiger charge is -2.24. The van der Waals surface area contributed by atoms with Crippen LogP contribution in [0.3, 0.4) is 0 Å². The number of aromatic nitrogens is 2. The first-order chi connectivity index (χ1) is 19.5. The number of carbonyl (C=O) groups is 5. The number of para-hydroxylation sites is 2. The molecule has 0 aliphatic rings. The van der Waals surface area contributed by atoms with Gasteiger partial charge in [0.2, 0.25) is 17.7 Å². The number of fused-ring (bicyclic) bond motifs is 1. The van der Waals surface area contributed by atoms with Crippen LogP contribution in [0, 0.1) is 5.92 Å². The van der Waals surface area contributed by atoms with Crippen molar-refractivity contribution in [2.24, 2.45) is 5.92 Å². The number of Topliss-reactive ketones (excluding diaryl/α,β-unsaturated/α-hetero) is 2. The Balaban J connectivity index is 1.68. The van der Waals surface area contributed by atoms with Crippen LogP contribution in [0.5, 0.6) is 11.6 Å². The second kappa shape index (κ2) is 14.0. The molecule has 1 aromatic heterocycles. The highest BCUT2D eigenvalue weighted by atomic mass is 16.5. The minimum Gasteiger partial charge on any atom is -0.496 e. The summed E-state index contributed by atoms with van der Waals surface area (Å²) in [6, 6.07) is 9.28. The van der Waals surface area contributed by atoms with Crippen molar-refractivity contribution in [1.82, 2.24) is 20.6 Å². The molecule has 2 aromatic carbocycles. The quantitative estimate of drug-likeness (QED) is 0.246. The molecule has 0 bridgehead atoms. The zero-order chi connectivity index (χ0) is 30.1. The third-order valence-corrected chi connectivity index (χ3v) is 6.18. The topological polar surface area (TPSA) is 174 Å². The molecule has 2 amide bonds. The number of amides is 2. The first-order valence-electron chi connectivity index (χ1n) is 12.8. The number of hydrogen-bond acceptors (Lipinski definition) is 9. The largest absolute Gasteiger partial charge is 0.496 e. The minimum atomic E-state index is -1.42. The SMILES string of the molecule is COc1ccc(C(C)=O)cc1CC(=O)N[C@H](C(=O)NC(CC(=O)O)C(=O)COc1cnc2ccccc2n1)C(C)C. The maximum absolute atomic E-state index is 13.2. The van der Waals surface area contributed by atoms with Crippen LogP contribution >= 0.6 is 0 Å². The third-order valence-electron chi connectivity index (χ3n) is 6.18. The molecular weight excluding hydrogens is 532 g/mol. The summed E-state index contributed by atoms with van der Waals surface area (Å²) in [6.45, 7) is 4.23. The summed E-state index contributed by atoms with van der Waals surface area (Å²) < 4.78 is 10.7. The molecule has 41 heavy (non-hydrogen) atoms. The van der Waals surface area contributed by atoms with Gasteiger partial charge in [0.05, 0.1) is 37.2 Å². The normalized spacial score (nSPS) is 12.3. The predicted octanol–water partition coefficient (Wildman–Crippen LogP) is 2.13. The monoisotopic (exact) mass is 564 g/mol. The summed E-state index contributed by atoms with van der Waals surface area (Å²) >= 11 is 0. The molecule has 3 rings (SSSR count). The van der Waals surface area contributed by atoms with E-state index in [0.29, 0.717) is 27.9 Å². The summed E-state index contributed by atoms with van der Waals surface area (Å²) in [5, 5.41) is 14.4. The number of nitrogens with one attached hydrogen (secondary N) is 2. The van der Waals surface area contributed by atoms with Crippen molar-refractivity contribution in [3.63, 3.8) is 0 Å². The zero-order valence-corrected chi connectivity index (χ0v) is 23.2. The van der Waals surface area contributed by atoms with Gasteiger partial charge < -0.3 is 25.2 Å². The van der Waals surface area contributed by atoms with E-state index in [0.717, 1.165) is 0 Å². The number of ether oxygens (including phenoxy) is 2. The Labute approximate surface area is 236 Å². The van der Waals surface area contributed by atoms with E-state index in [-0.39, 0.29) is 18.1 Å². The second-order valence-electron chi connectivity index (χ2n) is 9.66. The van der Waals surface area contributed by atoms with Crippen LogP contribution in [0.25, 0.3) is 11.0 Å². The summed E-state index contributed by atoms with van der Waals surface area (Å²) in [5.41, 5.74) is 2.04. The maximum Gasteiger partial charge on any atom is 0.305 e. The van der Waals surface area contributed by atoms with Gasteiger partial charge >= 0.3 is 5.97 Å². The van der Waals surface area contributed by atoms with E-state index in [1.165, 1.54) is 20.2 Å². The summed E-state index contributed by atoms with van der Waals surface area (Å²) in [4.78, 5) is 70.6. The molecular formula is C29H32N4O8. The standard InChI is InChI=1S/C29H32N4O8/c1-16(2)28(33-25(36)12-19-11-18(17(3)34)9-10-24(19)40-4)29(39)32-22(13-27(37)38)23(35)15-41-26-14-30-20-7-5-6-8-21(20)31-26/h5-11,14,16,22,28H,12-13,15H2,1-4H3,(H,32,39)(H,33,36)(H,37,38)/t22?,28-/m0/s1. The maximum atomic E-state index is 13.2. The van der Waals surface area contributed by atoms with E-state index >= 15 is 0 Å². The fourth-order valence-electron chi connectivity index (χ4n) is 4.01. The fraction of sp³-hybridized carbons (Fsp3) is 0.345. The molecule has 3 aromatic rings. The van der Waals surface area contributed by atoms with Gasteiger partial charge in [-0.15, -0.1) is 0 Å². The van der Waals surface area contributed by atoms with Crippen LogP contribution in [0.15, 0.2) is 48.7 Å². The summed E-state index contributed by atoms with van der Waals surface area (Å²) in [7, 11) is 1.43. The molecule has 216 valence electrons. The molecule has 0 saturated heterocycles. The number of hydrogen-bond donors (Lipinski definition) is 3. The highest BCUT2D eigenvalue weighted by Gasteiger charge is 2.30. The smallest absolute Gasteiger partial charge is 0.305 e. The van der Waals surface area contributed by atoms with Crippen molar-refractivity contribution in [3.05, 3.63) is 59.8 Å². The summed E-state index contributed by atoms with van der Waals surface area (Å²) in [6.07, 6.45) is 0.468. The van der Waals surface area contributed by atoms with Crippen LogP contribution in [0.4, 0.5) is 0 Å². The van der Waals surface area contributed by atoms with Crippen LogP contribution < -0.4 is 20.1 Å². The van der Waals surface area contributed by atoms with E-state index in [4.69, 9.17) is 9.47 Å². The molecule has 1 unspecified atom stereocenters. The number of methoxy groups -OCH3 is 1. The van der Waals surface area contributed by atoms with E-state index in [9.17, 15) is 29.1 Å². The Hall–Kier alpha value is -4.87. The molecule has 0 saturated carbocycles. The fourth-order valence-corrected chi connectivity index (χ4v) is 4.01. The first kappa shape index (κ1) is 30.7. The number of carboxylic acid groups (broad SMARTS) is 1. The molecule has 12 heteroatoms. The van der Waals surface area contributed by atoms with Gasteiger partial charge in [0.15, 0.2) is 18.2 Å². The lowest BCUT2D eigenvalue weighted by molar-refractivity contribution is -0.141. The number of ketones is 2. The van der Waals surface area contributed by atoms with Gasteiger partial charge in [-0.25, -0.2) is 9.97 Å². The van der Waals surface area contributed by atoms with Gasteiger partial charge in [-0.05, 0) is 43.2 Å². The zero-order valence-electron chi connectivity index (χ0n) is 23.2. The predicted molar refractivity (Wildman–Crippen MR) is 148 cm³/mol. The molecule has 0 aliphatic carbocycles. The summed E-state index contributed by atoms with van der Waals surface area (Å²) in [5.74, 6) is -3.39. The number of rotatable bonds is 14. The van der Waals surface area contributed by atoms with E-state index in [1.54, 1.807) is 56.3 Å². The van der Waals surface area contributed by atoms with Gasteiger partial charge in [-0.2, -0.15) is 0 Å². The lowest BCUT2D eigenvalue weighted by atomic mass is 10.0. The van der Waals surface area contributed by atoms with E-state index < -0.39 is 54.6 Å². The van der Waals surface area contributed by atoms with Crippen molar-refractivity contribution in [1.29, 1.82) is 0 Å². The highest BCUT2D eigenvalue weighted by Crippen LogP contribution is 2.21. The van der Waals surface area contributed by atoms with Gasteiger partial charge in [0.1, 0.15) is 17.8 Å². The average molecular weight is 565 g/mol. The number of benzene rings is 2. The Morgan fingerprint density at radius 2 is 1.71 bits per heavy atom. The van der Waals surface area contributed by atoms with Gasteiger partial charge in [0.25, 0.3) is 0 Å². The molecule has 1 heterocycles. The lowest BCUT2D eigenvalue weighted by Crippen LogP contribution is -2.54.